The number of nitrogens with zero attached hydrogens (tertiary/aromatic N) is 1. The maximum Gasteiger partial charge on any atom is 0.253 e. The van der Waals surface area contributed by atoms with E-state index in [1.165, 1.54) is 0 Å². The largest absolute Gasteiger partial charge is 0.488 e. The molecular formula is C18H24Cl2N2O3. The molecule has 1 aromatic rings. The van der Waals surface area contributed by atoms with Crippen molar-refractivity contribution in [1.29, 1.82) is 0 Å². The Morgan fingerprint density at radius 1 is 1.36 bits per heavy atom. The van der Waals surface area contributed by atoms with Crippen LogP contribution >= 0.6 is 24.0 Å². The highest BCUT2D eigenvalue weighted by molar-refractivity contribution is 6.30. The molecule has 25 heavy (non-hydrogen) atoms. The van der Waals surface area contributed by atoms with Crippen molar-refractivity contribution in [2.75, 3.05) is 32.8 Å². The van der Waals surface area contributed by atoms with Crippen LogP contribution in [0.1, 0.15) is 24.8 Å². The minimum Gasteiger partial charge on any atom is -0.488 e. The number of carbonyl (C=O) groups excluding carboxylic acids is 1. The lowest BCUT2D eigenvalue weighted by Gasteiger charge is -2.33. The lowest BCUT2D eigenvalue weighted by molar-refractivity contribution is -0.130. The van der Waals surface area contributed by atoms with Crippen molar-refractivity contribution in [2.45, 2.75) is 25.4 Å². The fraction of sp³-hybridized carbons (Fsp3) is 0.500. The molecule has 2 N–H and O–H groups in total. The second kappa shape index (κ2) is 9.43. The van der Waals surface area contributed by atoms with Crippen LogP contribution < -0.4 is 10.5 Å². The predicted octanol–water partition coefficient (Wildman–Crippen LogP) is 2.89. The van der Waals surface area contributed by atoms with E-state index in [0.717, 1.165) is 30.6 Å². The molecule has 1 aromatic carbocycles. The molecule has 5 nitrogen and oxygen atoms in total. The quantitative estimate of drug-likeness (QED) is 0.790. The minimum absolute atomic E-state index is 0. The summed E-state index contributed by atoms with van der Waals surface area (Å²) in [6.45, 7) is 3.08. The van der Waals surface area contributed by atoms with Gasteiger partial charge in [-0.25, -0.2) is 0 Å². The first kappa shape index (κ1) is 20.0. The zero-order chi connectivity index (χ0) is 16.9. The molecule has 1 fully saturated rings. The number of halogens is 2. The van der Waals surface area contributed by atoms with Gasteiger partial charge in [-0.15, -0.1) is 12.4 Å². The molecule has 7 heteroatoms. The highest BCUT2D eigenvalue weighted by Crippen LogP contribution is 2.30. The van der Waals surface area contributed by atoms with Gasteiger partial charge in [-0.3, -0.25) is 4.79 Å². The fourth-order valence-corrected chi connectivity index (χ4v) is 3.21. The van der Waals surface area contributed by atoms with Crippen molar-refractivity contribution >= 4 is 36.0 Å². The zero-order valence-electron chi connectivity index (χ0n) is 14.1. The number of nitrogens with two attached hydrogens (primary N) is 1. The molecule has 0 aliphatic carbocycles. The summed E-state index contributed by atoms with van der Waals surface area (Å²) in [5.74, 6) is 0.809. The van der Waals surface area contributed by atoms with E-state index in [2.05, 4.69) is 0 Å². The van der Waals surface area contributed by atoms with Gasteiger partial charge in [0.15, 0.2) is 0 Å². The average molecular weight is 387 g/mol. The van der Waals surface area contributed by atoms with E-state index in [4.69, 9.17) is 26.8 Å². The number of fused-ring (bicyclic) bond motifs is 1. The fourth-order valence-electron chi connectivity index (χ4n) is 3.03. The van der Waals surface area contributed by atoms with Gasteiger partial charge >= 0.3 is 0 Å². The van der Waals surface area contributed by atoms with Crippen LogP contribution in [0.2, 0.25) is 5.02 Å². The monoisotopic (exact) mass is 386 g/mol. The number of amides is 1. The maximum absolute atomic E-state index is 12.7. The van der Waals surface area contributed by atoms with Gasteiger partial charge in [-0.05, 0) is 50.1 Å². The number of rotatable bonds is 5. The van der Waals surface area contributed by atoms with Crippen LogP contribution in [0, 0.1) is 0 Å². The van der Waals surface area contributed by atoms with E-state index in [1.54, 1.807) is 6.07 Å². The van der Waals surface area contributed by atoms with E-state index >= 15 is 0 Å². The number of piperidine rings is 1. The molecule has 0 radical (unpaired) electrons. The van der Waals surface area contributed by atoms with Crippen molar-refractivity contribution in [3.63, 3.8) is 0 Å². The highest BCUT2D eigenvalue weighted by Gasteiger charge is 2.27. The SMILES string of the molecule is Cl.NCCCOC1CCN(C(=O)C2=Cc3cc(Cl)ccc3OC2)CC1. The summed E-state index contributed by atoms with van der Waals surface area (Å²) in [7, 11) is 0. The summed E-state index contributed by atoms with van der Waals surface area (Å²) in [5, 5.41) is 0.637. The summed E-state index contributed by atoms with van der Waals surface area (Å²) in [6, 6.07) is 5.44. The molecule has 0 bridgehead atoms. The van der Waals surface area contributed by atoms with Crippen LogP contribution in [0.15, 0.2) is 23.8 Å². The number of benzene rings is 1. The van der Waals surface area contributed by atoms with Crippen molar-refractivity contribution in [3.8, 4) is 5.75 Å². The van der Waals surface area contributed by atoms with Crippen molar-refractivity contribution in [1.82, 2.24) is 4.90 Å². The minimum atomic E-state index is 0. The van der Waals surface area contributed by atoms with Gasteiger partial charge in [0.2, 0.25) is 0 Å². The Morgan fingerprint density at radius 2 is 2.12 bits per heavy atom. The summed E-state index contributed by atoms with van der Waals surface area (Å²) in [6.07, 6.45) is 4.74. The standard InChI is InChI=1S/C18H23ClN2O3.ClH/c19-15-2-3-17-13(11-15)10-14(12-24-17)18(22)21-7-4-16(5-8-21)23-9-1-6-20;/h2-3,10-11,16H,1,4-9,12,20H2;1H. The number of likely N-dealkylation sites (tertiary alicyclic amines) is 1. The van der Waals surface area contributed by atoms with Gasteiger partial charge < -0.3 is 20.1 Å². The number of carbonyl (C=O) groups is 1. The van der Waals surface area contributed by atoms with Crippen molar-refractivity contribution in [2.24, 2.45) is 5.73 Å². The Morgan fingerprint density at radius 3 is 2.84 bits per heavy atom. The molecule has 1 amide bonds. The molecule has 0 saturated carbocycles. The van der Waals surface area contributed by atoms with E-state index in [1.807, 2.05) is 23.1 Å². The van der Waals surface area contributed by atoms with Crippen LogP contribution in [0.25, 0.3) is 6.08 Å². The van der Waals surface area contributed by atoms with Gasteiger partial charge in [-0.1, -0.05) is 11.6 Å². The molecule has 0 aromatic heterocycles. The van der Waals surface area contributed by atoms with Crippen molar-refractivity contribution in [3.05, 3.63) is 34.4 Å². The summed E-state index contributed by atoms with van der Waals surface area (Å²) >= 11 is 6.02. The van der Waals surface area contributed by atoms with Crippen LogP contribution in [0.3, 0.4) is 0 Å². The Hall–Kier alpha value is -1.27. The molecule has 0 atom stereocenters. The van der Waals surface area contributed by atoms with Crippen molar-refractivity contribution < 1.29 is 14.3 Å². The van der Waals surface area contributed by atoms with E-state index in [0.29, 0.717) is 43.4 Å². The normalized spacial score (nSPS) is 17.2. The van der Waals surface area contributed by atoms with E-state index in [-0.39, 0.29) is 24.4 Å². The summed E-state index contributed by atoms with van der Waals surface area (Å²) < 4.78 is 11.5. The first-order chi connectivity index (χ1) is 11.7. The molecular weight excluding hydrogens is 363 g/mol. The Kier molecular flexibility index (Phi) is 7.56. The van der Waals surface area contributed by atoms with Gasteiger partial charge in [0.25, 0.3) is 5.91 Å². The van der Waals surface area contributed by atoms with Crippen LogP contribution in [-0.2, 0) is 9.53 Å². The molecule has 1 saturated heterocycles. The third kappa shape index (κ3) is 5.11. The lowest BCUT2D eigenvalue weighted by Crippen LogP contribution is -2.42. The third-order valence-corrected chi connectivity index (χ3v) is 4.63. The number of ether oxygens (including phenoxy) is 2. The molecule has 2 aliphatic heterocycles. The first-order valence-corrected chi connectivity index (χ1v) is 8.79. The molecule has 0 unspecified atom stereocenters. The maximum atomic E-state index is 12.7. The van der Waals surface area contributed by atoms with Gasteiger partial charge in [0.1, 0.15) is 12.4 Å². The van der Waals surface area contributed by atoms with E-state index in [9.17, 15) is 4.79 Å². The predicted molar refractivity (Wildman–Crippen MR) is 101 cm³/mol. The Bertz CT molecular complexity index is 629. The van der Waals surface area contributed by atoms with Crippen LogP contribution in [0.4, 0.5) is 0 Å². The zero-order valence-corrected chi connectivity index (χ0v) is 15.7. The molecule has 2 aliphatic rings. The highest BCUT2D eigenvalue weighted by atomic mass is 35.5. The first-order valence-electron chi connectivity index (χ1n) is 8.41. The molecule has 0 spiro atoms. The smallest absolute Gasteiger partial charge is 0.253 e. The second-order valence-corrected chi connectivity index (χ2v) is 6.58. The van der Waals surface area contributed by atoms with Crippen LogP contribution in [-0.4, -0.2) is 49.8 Å². The third-order valence-electron chi connectivity index (χ3n) is 4.39. The summed E-state index contributed by atoms with van der Waals surface area (Å²) in [4.78, 5) is 14.6. The van der Waals surface area contributed by atoms with Gasteiger partial charge in [0.05, 0.1) is 11.7 Å². The Labute approximate surface area is 159 Å². The second-order valence-electron chi connectivity index (χ2n) is 6.14. The molecule has 138 valence electrons. The van der Waals surface area contributed by atoms with Gasteiger partial charge in [0, 0.05) is 30.3 Å². The van der Waals surface area contributed by atoms with Crippen LogP contribution in [0.5, 0.6) is 5.75 Å². The topological polar surface area (TPSA) is 64.8 Å². The summed E-state index contributed by atoms with van der Waals surface area (Å²) in [5.41, 5.74) is 7.00. The number of hydrogen-bond acceptors (Lipinski definition) is 4. The Balaban J connectivity index is 0.00000225. The molecule has 2 heterocycles. The van der Waals surface area contributed by atoms with E-state index < -0.39 is 0 Å². The average Bonchev–Trinajstić information content (AvgIpc) is 2.61. The number of hydrogen-bond donors (Lipinski definition) is 1. The lowest BCUT2D eigenvalue weighted by atomic mass is 10.0. The van der Waals surface area contributed by atoms with Gasteiger partial charge in [-0.2, -0.15) is 0 Å². The molecule has 3 rings (SSSR count).